The molecule has 13 heavy (non-hydrogen) atoms. The van der Waals surface area contributed by atoms with Crippen molar-refractivity contribution in [3.05, 3.63) is 35.9 Å². The van der Waals surface area contributed by atoms with Crippen LogP contribution in [0.15, 0.2) is 30.3 Å². The zero-order valence-corrected chi connectivity index (χ0v) is 9.52. The van der Waals surface area contributed by atoms with E-state index in [1.807, 2.05) is 30.3 Å². The lowest BCUT2D eigenvalue weighted by atomic mass is 10.2. The second kappa shape index (κ2) is 5.21. The van der Waals surface area contributed by atoms with Crippen molar-refractivity contribution in [1.29, 1.82) is 0 Å². The Balaban J connectivity index is 2.49. The highest BCUT2D eigenvalue weighted by Gasteiger charge is 2.07. The summed E-state index contributed by atoms with van der Waals surface area (Å²) < 4.78 is 5.15. The molecule has 0 radical (unpaired) electrons. The average Bonchev–Trinajstić information content (AvgIpc) is 2.15. The van der Waals surface area contributed by atoms with Crippen LogP contribution < -0.4 is 0 Å². The first-order valence-corrected chi connectivity index (χ1v) is 5.27. The third kappa shape index (κ3) is 3.76. The van der Waals surface area contributed by atoms with E-state index >= 15 is 0 Å². The van der Waals surface area contributed by atoms with Crippen LogP contribution in [0.2, 0.25) is 0 Å². The molecule has 0 spiro atoms. The average molecular weight is 290 g/mol. The SMILES string of the molecule is CC(=O)OCC(I)c1ccccc1. The molecule has 0 saturated heterocycles. The number of carbonyl (C=O) groups excluding carboxylic acids is 1. The van der Waals surface area contributed by atoms with Crippen LogP contribution in [0.5, 0.6) is 0 Å². The van der Waals surface area contributed by atoms with Gasteiger partial charge in [-0.2, -0.15) is 0 Å². The minimum Gasteiger partial charge on any atom is -0.464 e. The summed E-state index contributed by atoms with van der Waals surface area (Å²) in [6, 6.07) is 9.99. The molecule has 1 rings (SSSR count). The third-order valence-corrected chi connectivity index (χ3v) is 2.67. The van der Waals surface area contributed by atoms with E-state index in [1.54, 1.807) is 0 Å². The smallest absolute Gasteiger partial charge is 0.302 e. The van der Waals surface area contributed by atoms with E-state index in [0.29, 0.717) is 6.61 Å². The highest BCUT2D eigenvalue weighted by Crippen LogP contribution is 2.22. The molecule has 0 fully saturated rings. The number of hydrogen-bond donors (Lipinski definition) is 0. The van der Waals surface area contributed by atoms with Gasteiger partial charge in [-0.1, -0.05) is 52.9 Å². The molecule has 0 bridgehead atoms. The summed E-state index contributed by atoms with van der Waals surface area (Å²) in [6.07, 6.45) is 0. The molecule has 3 heteroatoms. The Morgan fingerprint density at radius 1 is 1.46 bits per heavy atom. The van der Waals surface area contributed by atoms with Crippen LogP contribution in [0.25, 0.3) is 0 Å². The molecule has 1 aromatic rings. The number of benzene rings is 1. The molecule has 1 atom stereocenters. The standard InChI is InChI=1S/C10H11IO2/c1-8(12)13-7-10(11)9-5-3-2-4-6-9/h2-6,10H,7H2,1H3. The molecule has 1 unspecified atom stereocenters. The molecule has 0 heterocycles. The van der Waals surface area contributed by atoms with Gasteiger partial charge < -0.3 is 4.74 Å². The van der Waals surface area contributed by atoms with Crippen molar-refractivity contribution < 1.29 is 9.53 Å². The van der Waals surface area contributed by atoms with Gasteiger partial charge in [-0.25, -0.2) is 0 Å². The molecule has 2 nitrogen and oxygen atoms in total. The van der Waals surface area contributed by atoms with Crippen LogP contribution in [0.4, 0.5) is 0 Å². The summed E-state index contributed by atoms with van der Waals surface area (Å²) in [5.41, 5.74) is 1.18. The highest BCUT2D eigenvalue weighted by atomic mass is 127. The highest BCUT2D eigenvalue weighted by molar-refractivity contribution is 14.1. The van der Waals surface area contributed by atoms with Gasteiger partial charge in [0.1, 0.15) is 6.61 Å². The number of hydrogen-bond acceptors (Lipinski definition) is 2. The lowest BCUT2D eigenvalue weighted by Gasteiger charge is -2.09. The Hall–Kier alpha value is -0.580. The van der Waals surface area contributed by atoms with Crippen LogP contribution in [0, 0.1) is 0 Å². The van der Waals surface area contributed by atoms with Crippen LogP contribution in [-0.4, -0.2) is 12.6 Å². The van der Waals surface area contributed by atoms with Gasteiger partial charge in [0, 0.05) is 6.92 Å². The first-order valence-electron chi connectivity index (χ1n) is 4.02. The van der Waals surface area contributed by atoms with Gasteiger partial charge in [-0.15, -0.1) is 0 Å². The molecule has 0 amide bonds. The summed E-state index contributed by atoms with van der Waals surface area (Å²) in [5, 5.41) is 0. The number of rotatable bonds is 3. The van der Waals surface area contributed by atoms with Crippen molar-refractivity contribution in [3.63, 3.8) is 0 Å². The lowest BCUT2D eigenvalue weighted by molar-refractivity contribution is -0.140. The minimum atomic E-state index is -0.224. The zero-order chi connectivity index (χ0) is 9.68. The van der Waals surface area contributed by atoms with E-state index in [4.69, 9.17) is 4.74 Å². The summed E-state index contributed by atoms with van der Waals surface area (Å²) in [6.45, 7) is 1.87. The number of alkyl halides is 1. The number of carbonyl (C=O) groups is 1. The van der Waals surface area contributed by atoms with E-state index < -0.39 is 0 Å². The molecule has 0 aromatic heterocycles. The Bertz CT molecular complexity index is 272. The first kappa shape index (κ1) is 10.5. The molecule has 0 aliphatic carbocycles. The molecule has 0 aliphatic rings. The van der Waals surface area contributed by atoms with E-state index in [9.17, 15) is 4.79 Å². The monoisotopic (exact) mass is 290 g/mol. The number of ether oxygens (including phenoxy) is 1. The molecule has 0 aliphatic heterocycles. The van der Waals surface area contributed by atoms with Crippen molar-refractivity contribution >= 4 is 28.6 Å². The van der Waals surface area contributed by atoms with Gasteiger partial charge in [0.15, 0.2) is 0 Å². The number of halogens is 1. The Kier molecular flexibility index (Phi) is 4.21. The fourth-order valence-corrected chi connectivity index (χ4v) is 1.54. The Morgan fingerprint density at radius 2 is 2.08 bits per heavy atom. The van der Waals surface area contributed by atoms with E-state index in [1.165, 1.54) is 12.5 Å². The Labute approximate surface area is 91.4 Å². The largest absolute Gasteiger partial charge is 0.464 e. The van der Waals surface area contributed by atoms with E-state index in [2.05, 4.69) is 22.6 Å². The molecular formula is C10H11IO2. The topological polar surface area (TPSA) is 26.3 Å². The maximum Gasteiger partial charge on any atom is 0.302 e. The molecule has 0 saturated carbocycles. The fraction of sp³-hybridized carbons (Fsp3) is 0.300. The second-order valence-electron chi connectivity index (χ2n) is 2.68. The fourth-order valence-electron chi connectivity index (χ4n) is 0.949. The van der Waals surface area contributed by atoms with Crippen LogP contribution in [0.1, 0.15) is 16.4 Å². The van der Waals surface area contributed by atoms with E-state index in [-0.39, 0.29) is 9.89 Å². The van der Waals surface area contributed by atoms with Gasteiger partial charge in [0.05, 0.1) is 3.92 Å². The maximum atomic E-state index is 10.6. The Morgan fingerprint density at radius 3 is 2.62 bits per heavy atom. The quantitative estimate of drug-likeness (QED) is 0.486. The third-order valence-electron chi connectivity index (χ3n) is 1.59. The lowest BCUT2D eigenvalue weighted by Crippen LogP contribution is -2.05. The number of esters is 1. The predicted molar refractivity (Wildman–Crippen MR) is 59.8 cm³/mol. The molecule has 70 valence electrons. The summed E-state index contributed by atoms with van der Waals surface area (Å²) >= 11 is 2.26. The van der Waals surface area contributed by atoms with Crippen molar-refractivity contribution in [1.82, 2.24) is 0 Å². The van der Waals surface area contributed by atoms with E-state index in [0.717, 1.165) is 0 Å². The van der Waals surface area contributed by atoms with Gasteiger partial charge in [0.25, 0.3) is 0 Å². The van der Waals surface area contributed by atoms with Crippen LogP contribution in [-0.2, 0) is 9.53 Å². The molecule has 0 N–H and O–H groups in total. The van der Waals surface area contributed by atoms with Crippen molar-refractivity contribution in [2.24, 2.45) is 0 Å². The molecule has 1 aromatic carbocycles. The zero-order valence-electron chi connectivity index (χ0n) is 7.37. The van der Waals surface area contributed by atoms with Crippen molar-refractivity contribution in [2.75, 3.05) is 6.61 Å². The van der Waals surface area contributed by atoms with Crippen LogP contribution >= 0.6 is 22.6 Å². The summed E-state index contributed by atoms with van der Waals surface area (Å²) in [7, 11) is 0. The van der Waals surface area contributed by atoms with Gasteiger partial charge in [-0.3, -0.25) is 4.79 Å². The van der Waals surface area contributed by atoms with Gasteiger partial charge in [0.2, 0.25) is 0 Å². The minimum absolute atomic E-state index is 0.224. The van der Waals surface area contributed by atoms with Crippen molar-refractivity contribution in [2.45, 2.75) is 10.8 Å². The van der Waals surface area contributed by atoms with Gasteiger partial charge in [-0.05, 0) is 5.56 Å². The normalized spacial score (nSPS) is 12.2. The van der Waals surface area contributed by atoms with Crippen LogP contribution in [0.3, 0.4) is 0 Å². The maximum absolute atomic E-state index is 10.6. The molecular weight excluding hydrogens is 279 g/mol. The van der Waals surface area contributed by atoms with Crippen molar-refractivity contribution in [3.8, 4) is 0 Å². The first-order chi connectivity index (χ1) is 6.20. The van der Waals surface area contributed by atoms with Gasteiger partial charge >= 0.3 is 5.97 Å². The predicted octanol–water partition coefficient (Wildman–Crippen LogP) is 2.73. The summed E-state index contributed by atoms with van der Waals surface area (Å²) in [4.78, 5) is 10.6. The summed E-state index contributed by atoms with van der Waals surface area (Å²) in [5.74, 6) is -0.224. The second-order valence-corrected chi connectivity index (χ2v) is 4.18.